The normalized spacial score (nSPS) is 22.0. The Hall–Kier alpha value is -1.30. The van der Waals surface area contributed by atoms with Crippen LogP contribution in [0.15, 0.2) is 0 Å². The van der Waals surface area contributed by atoms with Crippen LogP contribution in [0.1, 0.15) is 55.6 Å². The van der Waals surface area contributed by atoms with Crippen LogP contribution in [-0.4, -0.2) is 30.5 Å². The first-order valence-corrected chi connectivity index (χ1v) is 8.61. The van der Waals surface area contributed by atoms with Gasteiger partial charge in [-0.3, -0.25) is 4.79 Å². The average Bonchev–Trinajstić information content (AvgIpc) is 2.84. The lowest BCUT2D eigenvalue weighted by Gasteiger charge is -2.26. The minimum absolute atomic E-state index is 0.0688. The first-order chi connectivity index (χ1) is 10.0. The summed E-state index contributed by atoms with van der Waals surface area (Å²) >= 11 is 1.38. The zero-order valence-corrected chi connectivity index (χ0v) is 14.0. The molecule has 0 unspecified atom stereocenters. The quantitative estimate of drug-likeness (QED) is 0.877. The van der Waals surface area contributed by atoms with E-state index in [2.05, 4.69) is 24.1 Å². The zero-order chi connectivity index (χ0) is 15.4. The number of amides is 1. The van der Waals surface area contributed by atoms with Gasteiger partial charge in [0.1, 0.15) is 10.7 Å². The van der Waals surface area contributed by atoms with Gasteiger partial charge in [0, 0.05) is 19.6 Å². The van der Waals surface area contributed by atoms with Crippen LogP contribution in [0.5, 0.6) is 0 Å². The van der Waals surface area contributed by atoms with E-state index >= 15 is 0 Å². The lowest BCUT2D eigenvalue weighted by molar-refractivity contribution is 0.0928. The SMILES string of the molecule is CCCN(C)c1nc(N)c(C(=O)NC2CCC(C)CC2)s1. The zero-order valence-electron chi connectivity index (χ0n) is 13.2. The van der Waals surface area contributed by atoms with Crippen molar-refractivity contribution in [2.75, 3.05) is 24.2 Å². The monoisotopic (exact) mass is 310 g/mol. The highest BCUT2D eigenvalue weighted by atomic mass is 32.1. The van der Waals surface area contributed by atoms with Crippen LogP contribution in [0.2, 0.25) is 0 Å². The van der Waals surface area contributed by atoms with Crippen LogP contribution in [0, 0.1) is 5.92 Å². The van der Waals surface area contributed by atoms with Gasteiger partial charge in [0.15, 0.2) is 5.13 Å². The lowest BCUT2D eigenvalue weighted by atomic mass is 9.87. The molecule has 5 nitrogen and oxygen atoms in total. The van der Waals surface area contributed by atoms with Crippen LogP contribution in [0.25, 0.3) is 0 Å². The fourth-order valence-electron chi connectivity index (χ4n) is 2.73. The molecule has 1 fully saturated rings. The van der Waals surface area contributed by atoms with Gasteiger partial charge in [0.05, 0.1) is 0 Å². The number of nitrogen functional groups attached to an aromatic ring is 1. The molecule has 0 saturated heterocycles. The van der Waals surface area contributed by atoms with Crippen molar-refractivity contribution in [1.29, 1.82) is 0 Å². The fourth-order valence-corrected chi connectivity index (χ4v) is 3.61. The summed E-state index contributed by atoms with van der Waals surface area (Å²) in [6.45, 7) is 5.30. The Kier molecular flexibility index (Phi) is 5.45. The molecule has 0 atom stereocenters. The average molecular weight is 310 g/mol. The molecule has 0 bridgehead atoms. The summed E-state index contributed by atoms with van der Waals surface area (Å²) in [4.78, 5) is 19.3. The van der Waals surface area contributed by atoms with Crippen molar-refractivity contribution in [3.63, 3.8) is 0 Å². The van der Waals surface area contributed by atoms with Gasteiger partial charge >= 0.3 is 0 Å². The molecule has 0 spiro atoms. The molecule has 118 valence electrons. The number of hydrogen-bond acceptors (Lipinski definition) is 5. The molecule has 3 N–H and O–H groups in total. The maximum atomic E-state index is 12.4. The number of nitrogens with zero attached hydrogens (tertiary/aromatic N) is 2. The minimum atomic E-state index is -0.0688. The van der Waals surface area contributed by atoms with E-state index in [1.54, 1.807) is 0 Å². The second-order valence-electron chi connectivity index (χ2n) is 6.06. The Morgan fingerprint density at radius 2 is 2.10 bits per heavy atom. The molecule has 0 aliphatic heterocycles. The molecule has 1 heterocycles. The van der Waals surface area contributed by atoms with E-state index in [0.717, 1.165) is 36.9 Å². The van der Waals surface area contributed by atoms with Crippen LogP contribution in [-0.2, 0) is 0 Å². The highest BCUT2D eigenvalue weighted by Gasteiger charge is 2.23. The number of carbonyl (C=O) groups excluding carboxylic acids is 1. The van der Waals surface area contributed by atoms with Crippen molar-refractivity contribution in [2.24, 2.45) is 5.92 Å². The fraction of sp³-hybridized carbons (Fsp3) is 0.733. The maximum Gasteiger partial charge on any atom is 0.265 e. The lowest BCUT2D eigenvalue weighted by Crippen LogP contribution is -2.37. The number of nitrogens with two attached hydrogens (primary N) is 1. The number of thiazole rings is 1. The predicted octanol–water partition coefficient (Wildman–Crippen LogP) is 2.88. The number of carbonyl (C=O) groups is 1. The van der Waals surface area contributed by atoms with Crippen molar-refractivity contribution >= 4 is 28.2 Å². The second-order valence-corrected chi connectivity index (χ2v) is 7.04. The Bertz CT molecular complexity index is 480. The van der Waals surface area contributed by atoms with E-state index in [1.807, 2.05) is 11.9 Å². The molecule has 0 radical (unpaired) electrons. The van der Waals surface area contributed by atoms with Gasteiger partial charge in [0.2, 0.25) is 0 Å². The Morgan fingerprint density at radius 3 is 2.71 bits per heavy atom. The van der Waals surface area contributed by atoms with Crippen molar-refractivity contribution < 1.29 is 4.79 Å². The number of hydrogen-bond donors (Lipinski definition) is 2. The first-order valence-electron chi connectivity index (χ1n) is 7.79. The third-order valence-electron chi connectivity index (χ3n) is 4.08. The van der Waals surface area contributed by atoms with Gasteiger partial charge in [-0.05, 0) is 38.0 Å². The molecular formula is C15H26N4OS. The Morgan fingerprint density at radius 1 is 1.43 bits per heavy atom. The van der Waals surface area contributed by atoms with E-state index in [1.165, 1.54) is 24.2 Å². The van der Waals surface area contributed by atoms with Crippen LogP contribution >= 0.6 is 11.3 Å². The van der Waals surface area contributed by atoms with Gasteiger partial charge in [0.25, 0.3) is 5.91 Å². The standard InChI is InChI=1S/C15H26N4OS/c1-4-9-19(3)15-18-13(16)12(21-15)14(20)17-11-7-5-10(2)6-8-11/h10-11H,4-9,16H2,1-3H3,(H,17,20). The van der Waals surface area contributed by atoms with Gasteiger partial charge < -0.3 is 16.0 Å². The molecule has 1 aromatic rings. The summed E-state index contributed by atoms with van der Waals surface area (Å²) in [5.41, 5.74) is 5.92. The smallest absolute Gasteiger partial charge is 0.265 e. The molecule has 1 aromatic heterocycles. The minimum Gasteiger partial charge on any atom is -0.382 e. The number of rotatable bonds is 5. The van der Waals surface area contributed by atoms with Crippen LogP contribution < -0.4 is 16.0 Å². The van der Waals surface area contributed by atoms with Crippen molar-refractivity contribution in [3.05, 3.63) is 4.88 Å². The molecule has 1 amide bonds. The Balaban J connectivity index is 1.99. The van der Waals surface area contributed by atoms with E-state index in [9.17, 15) is 4.79 Å². The summed E-state index contributed by atoms with van der Waals surface area (Å²) in [6.07, 6.45) is 5.54. The maximum absolute atomic E-state index is 12.4. The molecule has 6 heteroatoms. The summed E-state index contributed by atoms with van der Waals surface area (Å²) < 4.78 is 0. The molecular weight excluding hydrogens is 284 g/mol. The number of nitrogens with one attached hydrogen (secondary N) is 1. The van der Waals surface area contributed by atoms with Gasteiger partial charge in [-0.1, -0.05) is 25.2 Å². The van der Waals surface area contributed by atoms with Crippen molar-refractivity contribution in [3.8, 4) is 0 Å². The first kappa shape index (κ1) is 16.1. The summed E-state index contributed by atoms with van der Waals surface area (Å²) in [6, 6.07) is 0.284. The van der Waals surface area contributed by atoms with Crippen molar-refractivity contribution in [2.45, 2.75) is 52.0 Å². The molecule has 0 aromatic carbocycles. The third-order valence-corrected chi connectivity index (χ3v) is 5.27. The summed E-state index contributed by atoms with van der Waals surface area (Å²) in [5.74, 6) is 1.06. The topological polar surface area (TPSA) is 71.2 Å². The Labute approximate surface area is 130 Å². The van der Waals surface area contributed by atoms with Crippen molar-refractivity contribution in [1.82, 2.24) is 10.3 Å². The largest absolute Gasteiger partial charge is 0.382 e. The van der Waals surface area contributed by atoms with E-state index in [4.69, 9.17) is 5.73 Å². The second kappa shape index (κ2) is 7.11. The highest BCUT2D eigenvalue weighted by molar-refractivity contribution is 7.18. The molecule has 1 aliphatic rings. The van der Waals surface area contributed by atoms with E-state index in [0.29, 0.717) is 10.7 Å². The van der Waals surface area contributed by atoms with Gasteiger partial charge in [-0.2, -0.15) is 0 Å². The third kappa shape index (κ3) is 4.09. The van der Waals surface area contributed by atoms with Gasteiger partial charge in [-0.15, -0.1) is 0 Å². The summed E-state index contributed by atoms with van der Waals surface area (Å²) in [5, 5.41) is 3.93. The number of anilines is 2. The predicted molar refractivity (Wildman–Crippen MR) is 89.0 cm³/mol. The molecule has 1 aliphatic carbocycles. The van der Waals surface area contributed by atoms with Gasteiger partial charge in [-0.25, -0.2) is 4.98 Å². The van der Waals surface area contributed by atoms with Crippen LogP contribution in [0.3, 0.4) is 0 Å². The number of aromatic nitrogens is 1. The van der Waals surface area contributed by atoms with Crippen LogP contribution in [0.4, 0.5) is 10.9 Å². The summed E-state index contributed by atoms with van der Waals surface area (Å²) in [7, 11) is 1.98. The van der Waals surface area contributed by atoms with E-state index < -0.39 is 0 Å². The highest BCUT2D eigenvalue weighted by Crippen LogP contribution is 2.29. The van der Waals surface area contributed by atoms with E-state index in [-0.39, 0.29) is 11.9 Å². The molecule has 2 rings (SSSR count). The molecule has 21 heavy (non-hydrogen) atoms. The molecule has 1 saturated carbocycles.